The minimum atomic E-state index is -0.932. The van der Waals surface area contributed by atoms with Gasteiger partial charge in [0.2, 0.25) is 0 Å². The van der Waals surface area contributed by atoms with Gasteiger partial charge in [-0.25, -0.2) is 4.79 Å². The number of rotatable bonds is 2. The Hall–Kier alpha value is -0.830. The summed E-state index contributed by atoms with van der Waals surface area (Å²) in [6.45, 7) is 3.83. The zero-order valence-electron chi connectivity index (χ0n) is 5.62. The maximum absolute atomic E-state index is 10.6. The fourth-order valence-electron chi connectivity index (χ4n) is 0.969. The summed E-state index contributed by atoms with van der Waals surface area (Å²) in [5.41, 5.74) is 0. The van der Waals surface area contributed by atoms with Crippen LogP contribution in [-0.2, 0) is 9.53 Å². The van der Waals surface area contributed by atoms with E-state index in [-0.39, 0.29) is 5.92 Å². The largest absolute Gasteiger partial charge is 0.463 e. The molecule has 2 atom stereocenters. The minimum Gasteiger partial charge on any atom is -0.463 e. The Bertz CT molecular complexity index is 153. The number of allylic oxidation sites excluding steroid dienone is 1. The summed E-state index contributed by atoms with van der Waals surface area (Å²) in [6.07, 6.45) is 1.38. The molecule has 0 aromatic heterocycles. The maximum Gasteiger partial charge on any atom is 0.335 e. The third kappa shape index (κ3) is 1.19. The second-order valence-corrected chi connectivity index (χ2v) is 2.36. The third-order valence-corrected chi connectivity index (χ3v) is 1.60. The van der Waals surface area contributed by atoms with Gasteiger partial charge in [0.25, 0.3) is 0 Å². The van der Waals surface area contributed by atoms with Gasteiger partial charge in [-0.15, -0.1) is 6.58 Å². The molecule has 1 heterocycles. The van der Waals surface area contributed by atoms with Crippen molar-refractivity contribution in [1.29, 1.82) is 0 Å². The summed E-state index contributed by atoms with van der Waals surface area (Å²) in [7, 11) is 0. The standard InChI is InChI=1S/C7H10O3/c1-2-3-5-4-10-7(9)6(5)8/h2,5-6,8H,1,3-4H2/t5-,6+/m0/s1. The van der Waals surface area contributed by atoms with Crippen molar-refractivity contribution in [3.05, 3.63) is 12.7 Å². The number of aliphatic hydroxyl groups is 1. The van der Waals surface area contributed by atoms with Crippen LogP contribution in [0.25, 0.3) is 0 Å². The molecule has 1 N–H and O–H groups in total. The topological polar surface area (TPSA) is 46.5 Å². The lowest BCUT2D eigenvalue weighted by Gasteiger charge is -2.04. The van der Waals surface area contributed by atoms with Gasteiger partial charge in [0.1, 0.15) is 0 Å². The fourth-order valence-corrected chi connectivity index (χ4v) is 0.969. The fraction of sp³-hybridized carbons (Fsp3) is 0.571. The summed E-state index contributed by atoms with van der Waals surface area (Å²) in [5, 5.41) is 9.07. The molecule has 0 amide bonds. The van der Waals surface area contributed by atoms with Crippen molar-refractivity contribution >= 4 is 5.97 Å². The number of hydrogen-bond acceptors (Lipinski definition) is 3. The first-order chi connectivity index (χ1) is 4.75. The third-order valence-electron chi connectivity index (χ3n) is 1.60. The average molecular weight is 142 g/mol. The van der Waals surface area contributed by atoms with E-state index in [1.807, 2.05) is 0 Å². The summed E-state index contributed by atoms with van der Waals surface area (Å²) >= 11 is 0. The molecule has 3 nitrogen and oxygen atoms in total. The molecular formula is C7H10O3. The van der Waals surface area contributed by atoms with Gasteiger partial charge >= 0.3 is 5.97 Å². The summed E-state index contributed by atoms with van der Waals surface area (Å²) in [4.78, 5) is 10.6. The lowest BCUT2D eigenvalue weighted by Crippen LogP contribution is -2.20. The van der Waals surface area contributed by atoms with E-state index in [0.717, 1.165) is 0 Å². The van der Waals surface area contributed by atoms with Gasteiger partial charge in [0, 0.05) is 5.92 Å². The van der Waals surface area contributed by atoms with Crippen molar-refractivity contribution in [2.45, 2.75) is 12.5 Å². The van der Waals surface area contributed by atoms with E-state index in [1.54, 1.807) is 6.08 Å². The molecule has 3 heteroatoms. The number of carbonyl (C=O) groups excluding carboxylic acids is 1. The van der Waals surface area contributed by atoms with Crippen LogP contribution in [0.4, 0.5) is 0 Å². The van der Waals surface area contributed by atoms with Gasteiger partial charge in [-0.2, -0.15) is 0 Å². The van der Waals surface area contributed by atoms with Gasteiger partial charge in [-0.1, -0.05) is 6.08 Å². The van der Waals surface area contributed by atoms with Gasteiger partial charge in [0.15, 0.2) is 6.10 Å². The SMILES string of the molecule is C=CC[C@H]1COC(=O)[C@@H]1O. The number of ether oxygens (including phenoxy) is 1. The van der Waals surface area contributed by atoms with Crippen LogP contribution in [0.3, 0.4) is 0 Å². The van der Waals surface area contributed by atoms with Crippen LogP contribution in [0.5, 0.6) is 0 Å². The van der Waals surface area contributed by atoms with Crippen LogP contribution in [-0.4, -0.2) is 23.8 Å². The Morgan fingerprint density at radius 1 is 1.90 bits per heavy atom. The molecule has 56 valence electrons. The number of hydrogen-bond donors (Lipinski definition) is 1. The van der Waals surface area contributed by atoms with Crippen molar-refractivity contribution in [3.63, 3.8) is 0 Å². The lowest BCUT2D eigenvalue weighted by atomic mass is 10.0. The van der Waals surface area contributed by atoms with Crippen molar-refractivity contribution < 1.29 is 14.6 Å². The van der Waals surface area contributed by atoms with E-state index < -0.39 is 12.1 Å². The number of cyclic esters (lactones) is 1. The molecule has 0 bridgehead atoms. The van der Waals surface area contributed by atoms with Crippen LogP contribution >= 0.6 is 0 Å². The predicted molar refractivity (Wildman–Crippen MR) is 35.3 cm³/mol. The zero-order chi connectivity index (χ0) is 7.56. The highest BCUT2D eigenvalue weighted by molar-refractivity contribution is 5.76. The zero-order valence-corrected chi connectivity index (χ0v) is 5.62. The summed E-state index contributed by atoms with van der Waals surface area (Å²) < 4.78 is 4.59. The molecule has 0 aromatic rings. The minimum absolute atomic E-state index is 0.0787. The number of carbonyl (C=O) groups is 1. The normalized spacial score (nSPS) is 31.9. The van der Waals surface area contributed by atoms with Crippen molar-refractivity contribution in [3.8, 4) is 0 Å². The molecule has 0 unspecified atom stereocenters. The second kappa shape index (κ2) is 2.84. The number of esters is 1. The lowest BCUT2D eigenvalue weighted by molar-refractivity contribution is -0.144. The van der Waals surface area contributed by atoms with E-state index in [0.29, 0.717) is 13.0 Å². The molecule has 1 aliphatic heterocycles. The van der Waals surface area contributed by atoms with Gasteiger partial charge in [0.05, 0.1) is 6.61 Å². The Balaban J connectivity index is 2.48. The molecule has 10 heavy (non-hydrogen) atoms. The van der Waals surface area contributed by atoms with Crippen LogP contribution in [0.1, 0.15) is 6.42 Å². The molecule has 1 fully saturated rings. The first-order valence-corrected chi connectivity index (χ1v) is 3.21. The van der Waals surface area contributed by atoms with Crippen molar-refractivity contribution in [2.24, 2.45) is 5.92 Å². The van der Waals surface area contributed by atoms with E-state index in [1.165, 1.54) is 0 Å². The van der Waals surface area contributed by atoms with E-state index in [2.05, 4.69) is 11.3 Å². The average Bonchev–Trinajstić information content (AvgIpc) is 2.20. The van der Waals surface area contributed by atoms with Crippen molar-refractivity contribution in [1.82, 2.24) is 0 Å². The second-order valence-electron chi connectivity index (χ2n) is 2.36. The quantitative estimate of drug-likeness (QED) is 0.439. The molecule has 0 spiro atoms. The summed E-state index contributed by atoms with van der Waals surface area (Å²) in [5.74, 6) is -0.586. The van der Waals surface area contributed by atoms with Crippen molar-refractivity contribution in [2.75, 3.05) is 6.61 Å². The summed E-state index contributed by atoms with van der Waals surface area (Å²) in [6, 6.07) is 0. The van der Waals surface area contributed by atoms with Crippen LogP contribution in [0, 0.1) is 5.92 Å². The molecule has 0 aromatic carbocycles. The van der Waals surface area contributed by atoms with Crippen LogP contribution < -0.4 is 0 Å². The van der Waals surface area contributed by atoms with E-state index in [9.17, 15) is 4.79 Å². The van der Waals surface area contributed by atoms with Gasteiger partial charge in [-0.05, 0) is 6.42 Å². The monoisotopic (exact) mass is 142 g/mol. The first-order valence-electron chi connectivity index (χ1n) is 3.21. The van der Waals surface area contributed by atoms with E-state index in [4.69, 9.17) is 5.11 Å². The highest BCUT2D eigenvalue weighted by Crippen LogP contribution is 2.18. The molecule has 0 saturated carbocycles. The molecule has 0 radical (unpaired) electrons. The van der Waals surface area contributed by atoms with E-state index >= 15 is 0 Å². The Morgan fingerprint density at radius 3 is 3.00 bits per heavy atom. The molecule has 1 saturated heterocycles. The maximum atomic E-state index is 10.6. The Labute approximate surface area is 59.3 Å². The number of aliphatic hydroxyl groups excluding tert-OH is 1. The highest BCUT2D eigenvalue weighted by atomic mass is 16.6. The highest BCUT2D eigenvalue weighted by Gasteiger charge is 2.33. The van der Waals surface area contributed by atoms with Crippen LogP contribution in [0.2, 0.25) is 0 Å². The molecule has 1 rings (SSSR count). The smallest absolute Gasteiger partial charge is 0.335 e. The Morgan fingerprint density at radius 2 is 2.60 bits per heavy atom. The first kappa shape index (κ1) is 7.28. The predicted octanol–water partition coefficient (Wildman–Crippen LogP) is 0.0964. The van der Waals surface area contributed by atoms with Gasteiger partial charge < -0.3 is 9.84 Å². The molecule has 1 aliphatic rings. The van der Waals surface area contributed by atoms with Crippen LogP contribution in [0.15, 0.2) is 12.7 Å². The molecular weight excluding hydrogens is 132 g/mol. The molecule has 0 aliphatic carbocycles. The Kier molecular flexibility index (Phi) is 2.06. The van der Waals surface area contributed by atoms with Gasteiger partial charge in [-0.3, -0.25) is 0 Å².